The fraction of sp³-hybridized carbons (Fsp3) is 0.222. The Labute approximate surface area is 363 Å². The molecule has 0 aliphatic heterocycles. The lowest BCUT2D eigenvalue weighted by atomic mass is 9.93. The molecule has 8 aromatic rings. The SMILES string of the molecule is C[Si](C)(C)c1ccc(N(c2ccc([Si](C)(C)C)cc2)c2cc3c4ccccc4c(N(c4ccc([Si](C)(C)C)cc4)c4ccc([Si](C)(C)C)cc4)cc3c3ccccc23)cc1. The van der Waals surface area contributed by atoms with Gasteiger partial charge < -0.3 is 9.80 Å². The van der Waals surface area contributed by atoms with Gasteiger partial charge in [0.05, 0.1) is 43.7 Å². The summed E-state index contributed by atoms with van der Waals surface area (Å²) < 4.78 is 0. The van der Waals surface area contributed by atoms with Gasteiger partial charge in [0, 0.05) is 33.5 Å². The Hall–Kier alpha value is -4.99. The molecular weight excluding hydrogens is 789 g/mol. The lowest BCUT2D eigenvalue weighted by Crippen LogP contribution is -2.37. The van der Waals surface area contributed by atoms with Gasteiger partial charge in [-0.15, -0.1) is 0 Å². The lowest BCUT2D eigenvalue weighted by Gasteiger charge is -2.31. The highest BCUT2D eigenvalue weighted by Crippen LogP contribution is 2.47. The van der Waals surface area contributed by atoms with Crippen molar-refractivity contribution in [2.24, 2.45) is 0 Å². The maximum atomic E-state index is 2.50. The highest BCUT2D eigenvalue weighted by Gasteiger charge is 2.25. The molecule has 2 nitrogen and oxygen atoms in total. The third-order valence-electron chi connectivity index (χ3n) is 12.3. The minimum absolute atomic E-state index is 1.18. The maximum absolute atomic E-state index is 2.50. The van der Waals surface area contributed by atoms with E-state index in [4.69, 9.17) is 0 Å². The Bertz CT molecular complexity index is 2510. The first-order chi connectivity index (χ1) is 28.3. The highest BCUT2D eigenvalue weighted by molar-refractivity contribution is 6.90. The molecular formula is C54H62N2Si4. The van der Waals surface area contributed by atoms with Crippen molar-refractivity contribution in [2.75, 3.05) is 9.80 Å². The fourth-order valence-electron chi connectivity index (χ4n) is 8.58. The van der Waals surface area contributed by atoms with Gasteiger partial charge in [-0.05, 0) is 82.2 Å². The Kier molecular flexibility index (Phi) is 10.8. The summed E-state index contributed by atoms with van der Waals surface area (Å²) in [6.45, 7) is 29.1. The number of anilines is 6. The van der Waals surface area contributed by atoms with Crippen LogP contribution in [0.15, 0.2) is 158 Å². The van der Waals surface area contributed by atoms with Gasteiger partial charge in [0.25, 0.3) is 0 Å². The summed E-state index contributed by atoms with van der Waals surface area (Å²) in [6.07, 6.45) is 0. The summed E-state index contributed by atoms with van der Waals surface area (Å²) in [6, 6.07) is 60.8. The molecule has 0 fully saturated rings. The molecule has 8 aromatic carbocycles. The standard InChI is InChI=1S/C54H62N2Si4/c1-57(2,3)43-29-21-39(22-30-43)55(40-23-31-44(32-24-40)58(4,5)6)53-37-51-48-18-14-16-20-50(48)54(38-52(51)47-17-13-15-19-49(47)53)56(41-25-33-45(34-26-41)59(7,8)9)42-27-35-46(36-28-42)60(10,11)12/h13-38H,1-12H3. The number of rotatable bonds is 10. The summed E-state index contributed by atoms with van der Waals surface area (Å²) >= 11 is 0. The number of benzene rings is 8. The zero-order valence-corrected chi connectivity index (χ0v) is 41.9. The van der Waals surface area contributed by atoms with Crippen LogP contribution in [-0.4, -0.2) is 32.3 Å². The highest BCUT2D eigenvalue weighted by atomic mass is 28.3. The van der Waals surface area contributed by atoms with Crippen LogP contribution in [0.3, 0.4) is 0 Å². The Morgan fingerprint density at radius 1 is 0.250 bits per heavy atom. The van der Waals surface area contributed by atoms with E-state index in [9.17, 15) is 0 Å². The monoisotopic (exact) mass is 850 g/mol. The number of fused-ring (bicyclic) bond motifs is 5. The molecule has 0 unspecified atom stereocenters. The first-order valence-corrected chi connectivity index (χ1v) is 35.7. The van der Waals surface area contributed by atoms with Crippen LogP contribution in [0.2, 0.25) is 78.6 Å². The molecule has 6 heteroatoms. The Morgan fingerprint density at radius 2 is 0.467 bits per heavy atom. The summed E-state index contributed by atoms with van der Waals surface area (Å²) in [5.74, 6) is 0. The van der Waals surface area contributed by atoms with Crippen molar-refractivity contribution in [1.82, 2.24) is 0 Å². The van der Waals surface area contributed by atoms with E-state index < -0.39 is 32.3 Å². The number of hydrogen-bond acceptors (Lipinski definition) is 2. The summed E-state index contributed by atoms with van der Waals surface area (Å²) in [4.78, 5) is 5.00. The average molecular weight is 851 g/mol. The first-order valence-electron chi connectivity index (χ1n) is 21.7. The van der Waals surface area contributed by atoms with Crippen molar-refractivity contribution in [1.29, 1.82) is 0 Å². The zero-order valence-electron chi connectivity index (χ0n) is 37.9. The molecule has 0 aliphatic carbocycles. The van der Waals surface area contributed by atoms with E-state index in [1.807, 2.05) is 0 Å². The maximum Gasteiger partial charge on any atom is 0.0775 e. The van der Waals surface area contributed by atoms with Crippen LogP contribution in [-0.2, 0) is 0 Å². The smallest absolute Gasteiger partial charge is 0.0775 e. The van der Waals surface area contributed by atoms with Gasteiger partial charge >= 0.3 is 0 Å². The minimum Gasteiger partial charge on any atom is -0.310 e. The quantitative estimate of drug-likeness (QED) is 0.0999. The van der Waals surface area contributed by atoms with Crippen molar-refractivity contribution in [2.45, 2.75) is 78.6 Å². The molecule has 0 N–H and O–H groups in total. The van der Waals surface area contributed by atoms with Crippen LogP contribution in [0.4, 0.5) is 34.1 Å². The van der Waals surface area contributed by atoms with Gasteiger partial charge in [-0.25, -0.2) is 0 Å². The molecule has 0 spiro atoms. The van der Waals surface area contributed by atoms with Crippen molar-refractivity contribution in [3.8, 4) is 0 Å². The van der Waals surface area contributed by atoms with Crippen molar-refractivity contribution < 1.29 is 0 Å². The van der Waals surface area contributed by atoms with E-state index in [1.165, 1.54) is 87.2 Å². The third-order valence-corrected chi connectivity index (χ3v) is 20.5. The topological polar surface area (TPSA) is 6.48 Å². The molecule has 8 rings (SSSR count). The number of hydrogen-bond donors (Lipinski definition) is 0. The lowest BCUT2D eigenvalue weighted by molar-refractivity contribution is 1.30. The van der Waals surface area contributed by atoms with E-state index in [-0.39, 0.29) is 0 Å². The predicted octanol–water partition coefficient (Wildman–Crippen LogP) is 14.3. The first kappa shape index (κ1) is 41.7. The van der Waals surface area contributed by atoms with Crippen LogP contribution in [0.1, 0.15) is 0 Å². The molecule has 0 saturated heterocycles. The van der Waals surface area contributed by atoms with Crippen molar-refractivity contribution in [3.05, 3.63) is 158 Å². The molecule has 0 atom stereocenters. The van der Waals surface area contributed by atoms with Crippen LogP contribution >= 0.6 is 0 Å². The van der Waals surface area contributed by atoms with Crippen molar-refractivity contribution in [3.63, 3.8) is 0 Å². The Morgan fingerprint density at radius 3 is 0.683 bits per heavy atom. The summed E-state index contributed by atoms with van der Waals surface area (Å²) in [7, 11) is -5.96. The Balaban J connectivity index is 1.41. The second-order valence-electron chi connectivity index (χ2n) is 20.8. The van der Waals surface area contributed by atoms with Gasteiger partial charge in [0.15, 0.2) is 0 Å². The molecule has 0 aromatic heterocycles. The zero-order chi connectivity index (χ0) is 42.8. The summed E-state index contributed by atoms with van der Waals surface area (Å²) in [5.41, 5.74) is 7.10. The van der Waals surface area contributed by atoms with Gasteiger partial charge in [0.1, 0.15) is 0 Å². The number of nitrogens with zero attached hydrogens (tertiary/aromatic N) is 2. The van der Waals surface area contributed by atoms with Crippen LogP contribution in [0, 0.1) is 0 Å². The molecule has 0 bridgehead atoms. The average Bonchev–Trinajstić information content (AvgIpc) is 3.21. The molecule has 60 heavy (non-hydrogen) atoms. The molecule has 0 saturated carbocycles. The van der Waals surface area contributed by atoms with Gasteiger partial charge in [0.2, 0.25) is 0 Å². The van der Waals surface area contributed by atoms with E-state index in [0.717, 1.165) is 0 Å². The normalized spacial score (nSPS) is 12.7. The van der Waals surface area contributed by atoms with Gasteiger partial charge in [-0.2, -0.15) is 0 Å². The second-order valence-corrected chi connectivity index (χ2v) is 41.1. The van der Waals surface area contributed by atoms with Crippen LogP contribution in [0.5, 0.6) is 0 Å². The van der Waals surface area contributed by atoms with Gasteiger partial charge in [-0.3, -0.25) is 0 Å². The molecule has 304 valence electrons. The molecule has 0 heterocycles. The van der Waals surface area contributed by atoms with Gasteiger partial charge in [-0.1, -0.05) is 196 Å². The molecule has 0 radical (unpaired) electrons. The molecule has 0 amide bonds. The van der Waals surface area contributed by atoms with E-state index >= 15 is 0 Å². The largest absolute Gasteiger partial charge is 0.310 e. The van der Waals surface area contributed by atoms with E-state index in [0.29, 0.717) is 0 Å². The second kappa shape index (κ2) is 15.5. The summed E-state index contributed by atoms with van der Waals surface area (Å²) in [5, 5.41) is 13.4. The minimum atomic E-state index is -1.49. The third kappa shape index (κ3) is 8.10. The van der Waals surface area contributed by atoms with Crippen LogP contribution in [0.25, 0.3) is 32.3 Å². The van der Waals surface area contributed by atoms with E-state index in [1.54, 1.807) is 0 Å². The predicted molar refractivity (Wildman–Crippen MR) is 280 cm³/mol. The van der Waals surface area contributed by atoms with E-state index in [2.05, 4.69) is 246 Å². The van der Waals surface area contributed by atoms with Crippen molar-refractivity contribution >= 4 is 119 Å². The molecule has 0 aliphatic rings. The van der Waals surface area contributed by atoms with Crippen LogP contribution < -0.4 is 30.5 Å². The fourth-order valence-corrected chi connectivity index (χ4v) is 13.2.